The average Bonchev–Trinajstić information content (AvgIpc) is 2.74. The number of pyridine rings is 1. The second kappa shape index (κ2) is 8.02. The molecule has 0 aliphatic carbocycles. The summed E-state index contributed by atoms with van der Waals surface area (Å²) in [5.41, 5.74) is 5.26. The van der Waals surface area contributed by atoms with Crippen molar-refractivity contribution in [2.24, 2.45) is 0 Å². The van der Waals surface area contributed by atoms with Gasteiger partial charge in [-0.15, -0.1) is 0 Å². The number of aromatic nitrogens is 1. The van der Waals surface area contributed by atoms with E-state index in [1.807, 2.05) is 66.7 Å². The van der Waals surface area contributed by atoms with Crippen LogP contribution < -0.4 is 15.4 Å². The van der Waals surface area contributed by atoms with E-state index in [9.17, 15) is 4.79 Å². The highest BCUT2D eigenvalue weighted by Crippen LogP contribution is 2.31. The van der Waals surface area contributed by atoms with Crippen molar-refractivity contribution in [1.29, 1.82) is 0 Å². The highest BCUT2D eigenvalue weighted by molar-refractivity contribution is 6.01. The van der Waals surface area contributed by atoms with Crippen molar-refractivity contribution in [2.45, 2.75) is 6.92 Å². The zero-order valence-electron chi connectivity index (χ0n) is 16.3. The smallest absolute Gasteiger partial charge is 0.323 e. The van der Waals surface area contributed by atoms with Gasteiger partial charge in [-0.1, -0.05) is 48.0 Å². The summed E-state index contributed by atoms with van der Waals surface area (Å²) in [6.45, 7) is 2.06. The van der Waals surface area contributed by atoms with Gasteiger partial charge in [0.05, 0.1) is 18.3 Å². The van der Waals surface area contributed by atoms with Crippen molar-refractivity contribution in [3.63, 3.8) is 0 Å². The van der Waals surface area contributed by atoms with Crippen molar-refractivity contribution in [2.75, 3.05) is 17.7 Å². The minimum atomic E-state index is -0.307. The molecule has 0 saturated heterocycles. The number of urea groups is 1. The van der Waals surface area contributed by atoms with Gasteiger partial charge in [-0.25, -0.2) is 9.78 Å². The Kier molecular flexibility index (Phi) is 5.12. The Labute approximate surface area is 169 Å². The summed E-state index contributed by atoms with van der Waals surface area (Å²) >= 11 is 0. The normalized spacial score (nSPS) is 10.6. The van der Waals surface area contributed by atoms with Crippen molar-refractivity contribution in [3.8, 4) is 17.0 Å². The molecule has 0 atom stereocenters. The minimum absolute atomic E-state index is 0.307. The van der Waals surface area contributed by atoms with Crippen LogP contribution in [0.15, 0.2) is 78.9 Å². The number of hydrogen-bond acceptors (Lipinski definition) is 3. The molecule has 0 radical (unpaired) electrons. The Balaban J connectivity index is 1.62. The van der Waals surface area contributed by atoms with Crippen LogP contribution in [0, 0.1) is 6.92 Å². The van der Waals surface area contributed by atoms with Gasteiger partial charge in [0.25, 0.3) is 0 Å². The molecule has 0 spiro atoms. The minimum Gasteiger partial charge on any atom is -0.496 e. The number of amides is 2. The van der Waals surface area contributed by atoms with Crippen molar-refractivity contribution < 1.29 is 9.53 Å². The van der Waals surface area contributed by atoms with Gasteiger partial charge in [0, 0.05) is 28.4 Å². The Morgan fingerprint density at radius 1 is 0.862 bits per heavy atom. The number of anilines is 2. The van der Waals surface area contributed by atoms with Crippen LogP contribution in [-0.4, -0.2) is 18.1 Å². The van der Waals surface area contributed by atoms with Gasteiger partial charge in [0.15, 0.2) is 0 Å². The topological polar surface area (TPSA) is 63.2 Å². The molecule has 3 aromatic carbocycles. The fourth-order valence-corrected chi connectivity index (χ4v) is 3.13. The number of carbonyl (C=O) groups excluding carboxylic acids is 1. The highest BCUT2D eigenvalue weighted by atomic mass is 16.5. The molecule has 0 aliphatic heterocycles. The van der Waals surface area contributed by atoms with Crippen LogP contribution in [0.2, 0.25) is 0 Å². The zero-order valence-corrected chi connectivity index (χ0v) is 16.3. The second-order valence-electron chi connectivity index (χ2n) is 6.75. The quantitative estimate of drug-likeness (QED) is 0.464. The summed E-state index contributed by atoms with van der Waals surface area (Å²) in [4.78, 5) is 17.0. The zero-order chi connectivity index (χ0) is 20.2. The standard InChI is InChI=1S/C24H21N3O2/c1-16-8-10-17(11-9-16)22-15-23(29-2)20-14-19(12-13-21(20)27-22)26-24(28)25-18-6-4-3-5-7-18/h3-15H,1-2H3,(H2,25,26,28). The van der Waals surface area contributed by atoms with Gasteiger partial charge < -0.3 is 15.4 Å². The van der Waals surface area contributed by atoms with E-state index in [0.717, 1.165) is 27.8 Å². The number of para-hydroxylation sites is 1. The third-order valence-corrected chi connectivity index (χ3v) is 4.63. The highest BCUT2D eigenvalue weighted by Gasteiger charge is 2.10. The first kappa shape index (κ1) is 18.5. The summed E-state index contributed by atoms with van der Waals surface area (Å²) in [5, 5.41) is 6.49. The van der Waals surface area contributed by atoms with Crippen LogP contribution in [0.5, 0.6) is 5.75 Å². The Morgan fingerprint density at radius 3 is 2.31 bits per heavy atom. The number of fused-ring (bicyclic) bond motifs is 1. The van der Waals surface area contributed by atoms with Gasteiger partial charge in [-0.05, 0) is 37.3 Å². The van der Waals surface area contributed by atoms with E-state index in [1.165, 1.54) is 5.56 Å². The van der Waals surface area contributed by atoms with Crippen LogP contribution in [0.25, 0.3) is 22.2 Å². The molecule has 0 bridgehead atoms. The third-order valence-electron chi connectivity index (χ3n) is 4.63. The molecule has 1 heterocycles. The Hall–Kier alpha value is -3.86. The van der Waals surface area contributed by atoms with Crippen LogP contribution in [0.3, 0.4) is 0 Å². The van der Waals surface area contributed by atoms with E-state index >= 15 is 0 Å². The van der Waals surface area contributed by atoms with Crippen LogP contribution in [-0.2, 0) is 0 Å². The van der Waals surface area contributed by atoms with Gasteiger partial charge in [-0.3, -0.25) is 0 Å². The number of aryl methyl sites for hydroxylation is 1. The molecule has 29 heavy (non-hydrogen) atoms. The molecule has 144 valence electrons. The molecular formula is C24H21N3O2. The van der Waals surface area contributed by atoms with E-state index in [4.69, 9.17) is 9.72 Å². The number of rotatable bonds is 4. The van der Waals surface area contributed by atoms with Gasteiger partial charge in [-0.2, -0.15) is 0 Å². The van der Waals surface area contributed by atoms with E-state index < -0.39 is 0 Å². The molecule has 4 rings (SSSR count). The lowest BCUT2D eigenvalue weighted by molar-refractivity contribution is 0.262. The number of hydrogen-bond donors (Lipinski definition) is 2. The van der Waals surface area contributed by atoms with E-state index in [0.29, 0.717) is 11.4 Å². The fourth-order valence-electron chi connectivity index (χ4n) is 3.13. The second-order valence-corrected chi connectivity index (χ2v) is 6.75. The van der Waals surface area contributed by atoms with Gasteiger partial charge in [0.1, 0.15) is 5.75 Å². The lowest BCUT2D eigenvalue weighted by atomic mass is 10.1. The van der Waals surface area contributed by atoms with Gasteiger partial charge >= 0.3 is 6.03 Å². The molecule has 0 aliphatic rings. The number of nitrogens with zero attached hydrogens (tertiary/aromatic N) is 1. The number of methoxy groups -OCH3 is 1. The van der Waals surface area contributed by atoms with Crippen LogP contribution >= 0.6 is 0 Å². The summed E-state index contributed by atoms with van der Waals surface area (Å²) < 4.78 is 5.60. The number of ether oxygens (including phenoxy) is 1. The van der Waals surface area contributed by atoms with E-state index in [1.54, 1.807) is 7.11 Å². The molecule has 0 saturated carbocycles. The molecule has 2 N–H and O–H groups in total. The average molecular weight is 383 g/mol. The largest absolute Gasteiger partial charge is 0.496 e. The molecule has 5 nitrogen and oxygen atoms in total. The summed E-state index contributed by atoms with van der Waals surface area (Å²) in [5.74, 6) is 0.706. The third kappa shape index (κ3) is 4.19. The Bertz CT molecular complexity index is 1160. The molecule has 1 aromatic heterocycles. The van der Waals surface area contributed by atoms with Crippen molar-refractivity contribution >= 4 is 28.3 Å². The molecule has 4 aromatic rings. The van der Waals surface area contributed by atoms with Crippen LogP contribution in [0.4, 0.5) is 16.2 Å². The maximum atomic E-state index is 12.3. The number of benzene rings is 3. The van der Waals surface area contributed by atoms with Crippen molar-refractivity contribution in [3.05, 3.63) is 84.4 Å². The fraction of sp³-hybridized carbons (Fsp3) is 0.0833. The van der Waals surface area contributed by atoms with E-state index in [2.05, 4.69) is 29.7 Å². The van der Waals surface area contributed by atoms with Crippen LogP contribution in [0.1, 0.15) is 5.56 Å². The molecule has 0 unspecified atom stereocenters. The maximum Gasteiger partial charge on any atom is 0.323 e. The lowest BCUT2D eigenvalue weighted by Gasteiger charge is -2.12. The summed E-state index contributed by atoms with van der Waals surface area (Å²) in [6.07, 6.45) is 0. The van der Waals surface area contributed by atoms with E-state index in [-0.39, 0.29) is 6.03 Å². The molecular weight excluding hydrogens is 362 g/mol. The predicted molar refractivity (Wildman–Crippen MR) is 118 cm³/mol. The summed E-state index contributed by atoms with van der Waals surface area (Å²) in [7, 11) is 1.63. The number of nitrogens with one attached hydrogen (secondary N) is 2. The molecule has 0 fully saturated rings. The SMILES string of the molecule is COc1cc(-c2ccc(C)cc2)nc2ccc(NC(=O)Nc3ccccc3)cc12. The Morgan fingerprint density at radius 2 is 1.59 bits per heavy atom. The maximum absolute atomic E-state index is 12.3. The first-order valence-corrected chi connectivity index (χ1v) is 9.31. The predicted octanol–water partition coefficient (Wildman–Crippen LogP) is 5.86. The van der Waals surface area contributed by atoms with Gasteiger partial charge in [0.2, 0.25) is 0 Å². The van der Waals surface area contributed by atoms with Crippen molar-refractivity contribution in [1.82, 2.24) is 4.98 Å². The monoisotopic (exact) mass is 383 g/mol. The molecule has 2 amide bonds. The molecule has 5 heteroatoms. The lowest BCUT2D eigenvalue weighted by Crippen LogP contribution is -2.19. The first-order chi connectivity index (χ1) is 14.1. The summed E-state index contributed by atoms with van der Waals surface area (Å²) in [6, 6.07) is 24.7. The number of carbonyl (C=O) groups is 1. The first-order valence-electron chi connectivity index (χ1n) is 9.31.